The highest BCUT2D eigenvalue weighted by Gasteiger charge is 2.17. The maximum atomic E-state index is 11.9. The van der Waals surface area contributed by atoms with Crippen molar-refractivity contribution in [1.82, 2.24) is 5.43 Å². The largest absolute Gasteiger partial charge is 0.484 e. The molecule has 0 aromatic heterocycles. The number of methoxy groups -OCH3 is 1. The standard InChI is InChI=1S/C21H22N2O5S2/c1-26-20(25)14-28-17-6-2-15(3-7-17)12-22-23-19(24)13-27-18-8-4-16(5-9-18)21-29-10-11-30-21/h2-9,12,21H,10-11,13-14H2,1H3,(H,23,24)/b22-12-. The Balaban J connectivity index is 1.38. The lowest BCUT2D eigenvalue weighted by molar-refractivity contribution is -0.142. The van der Waals surface area contributed by atoms with E-state index in [1.165, 1.54) is 30.4 Å². The number of amides is 1. The third kappa shape index (κ3) is 7.00. The zero-order valence-corrected chi connectivity index (χ0v) is 18.0. The smallest absolute Gasteiger partial charge is 0.343 e. The minimum Gasteiger partial charge on any atom is -0.484 e. The summed E-state index contributed by atoms with van der Waals surface area (Å²) in [6, 6.07) is 14.7. The Kier molecular flexibility index (Phi) is 8.46. The van der Waals surface area contributed by atoms with Gasteiger partial charge >= 0.3 is 5.97 Å². The van der Waals surface area contributed by atoms with Gasteiger partial charge in [-0.2, -0.15) is 5.10 Å². The van der Waals surface area contributed by atoms with E-state index in [1.807, 2.05) is 47.8 Å². The first-order valence-electron chi connectivity index (χ1n) is 9.21. The van der Waals surface area contributed by atoms with Crippen LogP contribution in [0.2, 0.25) is 0 Å². The number of ether oxygens (including phenoxy) is 3. The van der Waals surface area contributed by atoms with Crippen LogP contribution in [-0.4, -0.2) is 49.9 Å². The maximum Gasteiger partial charge on any atom is 0.343 e. The number of hydrogen-bond donors (Lipinski definition) is 1. The Morgan fingerprint density at radius 2 is 1.60 bits per heavy atom. The Hall–Kier alpha value is -2.65. The molecule has 30 heavy (non-hydrogen) atoms. The van der Waals surface area contributed by atoms with E-state index in [4.69, 9.17) is 9.47 Å². The molecule has 0 spiro atoms. The normalized spacial score (nSPS) is 13.9. The van der Waals surface area contributed by atoms with E-state index in [-0.39, 0.29) is 19.1 Å². The number of rotatable bonds is 9. The third-order valence-electron chi connectivity index (χ3n) is 4.01. The van der Waals surface area contributed by atoms with E-state index in [2.05, 4.69) is 15.3 Å². The van der Waals surface area contributed by atoms with Crippen LogP contribution in [0.25, 0.3) is 0 Å². The van der Waals surface area contributed by atoms with Crippen molar-refractivity contribution in [1.29, 1.82) is 0 Å². The summed E-state index contributed by atoms with van der Waals surface area (Å²) in [7, 11) is 1.30. The summed E-state index contributed by atoms with van der Waals surface area (Å²) < 4.78 is 15.8. The van der Waals surface area contributed by atoms with Crippen molar-refractivity contribution in [3.05, 3.63) is 59.7 Å². The van der Waals surface area contributed by atoms with Gasteiger partial charge in [0.05, 0.1) is 17.9 Å². The van der Waals surface area contributed by atoms with Crippen LogP contribution in [0.1, 0.15) is 15.7 Å². The van der Waals surface area contributed by atoms with Crippen LogP contribution in [0.4, 0.5) is 0 Å². The molecule has 0 atom stereocenters. The molecule has 1 N–H and O–H groups in total. The molecule has 3 rings (SSSR count). The fourth-order valence-electron chi connectivity index (χ4n) is 2.48. The topological polar surface area (TPSA) is 86.2 Å². The second-order valence-electron chi connectivity index (χ2n) is 6.16. The van der Waals surface area contributed by atoms with Crippen molar-refractivity contribution in [3.8, 4) is 11.5 Å². The first-order valence-corrected chi connectivity index (χ1v) is 11.3. The van der Waals surface area contributed by atoms with Crippen LogP contribution < -0.4 is 14.9 Å². The number of carbonyl (C=O) groups excluding carboxylic acids is 2. The zero-order chi connectivity index (χ0) is 21.2. The van der Waals surface area contributed by atoms with Crippen molar-refractivity contribution >= 4 is 41.6 Å². The fourth-order valence-corrected chi connectivity index (χ4v) is 5.34. The monoisotopic (exact) mass is 446 g/mol. The molecule has 1 aliphatic heterocycles. The number of nitrogens with zero attached hydrogens (tertiary/aromatic N) is 1. The van der Waals surface area contributed by atoms with Gasteiger partial charge < -0.3 is 14.2 Å². The molecule has 0 bridgehead atoms. The van der Waals surface area contributed by atoms with Gasteiger partial charge in [-0.05, 0) is 47.5 Å². The Morgan fingerprint density at radius 3 is 2.23 bits per heavy atom. The van der Waals surface area contributed by atoms with Crippen molar-refractivity contribution < 1.29 is 23.8 Å². The third-order valence-corrected chi connectivity index (χ3v) is 7.12. The van der Waals surface area contributed by atoms with Crippen molar-refractivity contribution in [2.45, 2.75) is 4.58 Å². The van der Waals surface area contributed by atoms with Crippen molar-refractivity contribution in [2.75, 3.05) is 31.8 Å². The first kappa shape index (κ1) is 22.0. The van der Waals surface area contributed by atoms with Gasteiger partial charge in [0.25, 0.3) is 5.91 Å². The summed E-state index contributed by atoms with van der Waals surface area (Å²) in [5.41, 5.74) is 4.46. The lowest BCUT2D eigenvalue weighted by Gasteiger charge is -2.10. The van der Waals surface area contributed by atoms with Crippen LogP contribution in [0.15, 0.2) is 53.6 Å². The second kappa shape index (κ2) is 11.5. The average molecular weight is 447 g/mol. The molecule has 1 heterocycles. The van der Waals surface area contributed by atoms with Gasteiger partial charge in [-0.3, -0.25) is 4.79 Å². The number of esters is 1. The highest BCUT2D eigenvalue weighted by atomic mass is 32.2. The van der Waals surface area contributed by atoms with Gasteiger partial charge in [0, 0.05) is 11.5 Å². The number of carbonyl (C=O) groups is 2. The summed E-state index contributed by atoms with van der Waals surface area (Å²) >= 11 is 3.90. The zero-order valence-electron chi connectivity index (χ0n) is 16.4. The number of hydrazone groups is 1. The van der Waals surface area contributed by atoms with Crippen LogP contribution in [0.5, 0.6) is 11.5 Å². The molecule has 0 radical (unpaired) electrons. The van der Waals surface area contributed by atoms with Gasteiger partial charge in [0.2, 0.25) is 0 Å². The predicted molar refractivity (Wildman–Crippen MR) is 119 cm³/mol. The van der Waals surface area contributed by atoms with Gasteiger partial charge in [0.15, 0.2) is 13.2 Å². The molecule has 9 heteroatoms. The highest BCUT2D eigenvalue weighted by molar-refractivity contribution is 8.19. The molecule has 1 fully saturated rings. The van der Waals surface area contributed by atoms with E-state index in [0.717, 1.165) is 5.56 Å². The summed E-state index contributed by atoms with van der Waals surface area (Å²) in [5, 5.41) is 3.91. The molecule has 1 saturated heterocycles. The summed E-state index contributed by atoms with van der Waals surface area (Å²) in [4.78, 5) is 22.9. The van der Waals surface area contributed by atoms with Crippen LogP contribution in [0.3, 0.4) is 0 Å². The van der Waals surface area contributed by atoms with E-state index in [1.54, 1.807) is 24.3 Å². The Bertz CT molecular complexity index is 866. The fraction of sp³-hybridized carbons (Fsp3) is 0.286. The predicted octanol–water partition coefficient (Wildman–Crippen LogP) is 3.25. The number of nitrogens with one attached hydrogen (secondary N) is 1. The molecule has 0 aliphatic carbocycles. The van der Waals surface area contributed by atoms with E-state index >= 15 is 0 Å². The van der Waals surface area contributed by atoms with Gasteiger partial charge in [-0.25, -0.2) is 10.2 Å². The molecule has 0 saturated carbocycles. The van der Waals surface area contributed by atoms with E-state index in [0.29, 0.717) is 16.1 Å². The lowest BCUT2D eigenvalue weighted by atomic mass is 10.2. The average Bonchev–Trinajstić information content (AvgIpc) is 3.32. The summed E-state index contributed by atoms with van der Waals surface area (Å²) in [5.74, 6) is 2.74. The molecule has 1 aliphatic rings. The van der Waals surface area contributed by atoms with Gasteiger partial charge in [-0.1, -0.05) is 12.1 Å². The summed E-state index contributed by atoms with van der Waals surface area (Å²) in [6.07, 6.45) is 1.51. The van der Waals surface area contributed by atoms with Gasteiger partial charge in [0.1, 0.15) is 11.5 Å². The highest BCUT2D eigenvalue weighted by Crippen LogP contribution is 2.45. The second-order valence-corrected chi connectivity index (χ2v) is 8.88. The SMILES string of the molecule is COC(=O)COc1ccc(/C=N\NC(=O)COc2ccc(C3SCCS3)cc2)cc1. The molecule has 7 nitrogen and oxygen atoms in total. The minimum atomic E-state index is -0.451. The lowest BCUT2D eigenvalue weighted by Crippen LogP contribution is -2.24. The molecular weight excluding hydrogens is 424 g/mol. The summed E-state index contributed by atoms with van der Waals surface area (Å²) in [6.45, 7) is -0.273. The molecule has 2 aromatic carbocycles. The molecule has 1 amide bonds. The number of hydrogen-bond acceptors (Lipinski definition) is 8. The molecule has 158 valence electrons. The van der Waals surface area contributed by atoms with Crippen molar-refractivity contribution in [3.63, 3.8) is 0 Å². The van der Waals surface area contributed by atoms with Gasteiger partial charge in [-0.15, -0.1) is 23.5 Å². The first-order chi connectivity index (χ1) is 14.6. The quantitative estimate of drug-likeness (QED) is 0.359. The number of thioether (sulfide) groups is 2. The Morgan fingerprint density at radius 1 is 1.00 bits per heavy atom. The number of benzene rings is 2. The van der Waals surface area contributed by atoms with Crippen LogP contribution >= 0.6 is 23.5 Å². The van der Waals surface area contributed by atoms with Crippen LogP contribution in [-0.2, 0) is 14.3 Å². The molecule has 2 aromatic rings. The van der Waals surface area contributed by atoms with E-state index in [9.17, 15) is 9.59 Å². The molecular formula is C21H22N2O5S2. The minimum absolute atomic E-state index is 0.121. The maximum absolute atomic E-state index is 11.9. The van der Waals surface area contributed by atoms with Crippen LogP contribution in [0, 0.1) is 0 Å². The van der Waals surface area contributed by atoms with E-state index < -0.39 is 5.97 Å². The Labute approximate surface area is 183 Å². The van der Waals surface area contributed by atoms with Crippen molar-refractivity contribution in [2.24, 2.45) is 5.10 Å². The molecule has 0 unspecified atom stereocenters.